The van der Waals surface area contributed by atoms with Gasteiger partial charge in [-0.15, -0.1) is 0 Å². The van der Waals surface area contributed by atoms with Gasteiger partial charge in [0.2, 0.25) is 22.3 Å². The summed E-state index contributed by atoms with van der Waals surface area (Å²) in [5.74, 6) is 7.38. The van der Waals surface area contributed by atoms with E-state index in [0.717, 1.165) is 29.3 Å². The number of nitrogens with one attached hydrogen (secondary N) is 1. The summed E-state index contributed by atoms with van der Waals surface area (Å²) in [4.78, 5) is 27.4. The molecule has 3 rings (SSSR count). The Labute approximate surface area is 244 Å². The van der Waals surface area contributed by atoms with E-state index in [2.05, 4.69) is 59.7 Å². The Hall–Kier alpha value is -2.10. The number of rotatable bonds is 3. The van der Waals surface area contributed by atoms with E-state index in [1.807, 2.05) is 20.8 Å². The summed E-state index contributed by atoms with van der Waals surface area (Å²) in [6.07, 6.45) is 6.52. The number of aromatic nitrogens is 4. The lowest BCUT2D eigenvalue weighted by Crippen LogP contribution is -2.41. The lowest BCUT2D eigenvalue weighted by molar-refractivity contribution is 0.0489. The molecule has 1 N–H and O–H groups in total. The first-order valence-electron chi connectivity index (χ1n) is 10.8. The van der Waals surface area contributed by atoms with E-state index in [0.29, 0.717) is 17.3 Å². The number of halogens is 3. The summed E-state index contributed by atoms with van der Waals surface area (Å²) in [6.45, 7) is 5.55. The summed E-state index contributed by atoms with van der Waals surface area (Å²) in [5.41, 5.74) is 0.109. The number of amides is 1. The average Bonchev–Trinajstić information content (AvgIpc) is 2.79. The van der Waals surface area contributed by atoms with E-state index < -0.39 is 5.60 Å². The van der Waals surface area contributed by atoms with Crippen LogP contribution >= 0.6 is 45.8 Å². The molecule has 0 aromatic carbocycles. The van der Waals surface area contributed by atoms with Crippen molar-refractivity contribution < 1.29 is 19.0 Å². The molecule has 1 aliphatic carbocycles. The fourth-order valence-electron chi connectivity index (χ4n) is 3.17. The zero-order chi connectivity index (χ0) is 26.0. The van der Waals surface area contributed by atoms with Crippen LogP contribution in [0.5, 0.6) is 11.8 Å². The van der Waals surface area contributed by atoms with Crippen LogP contribution in [-0.4, -0.2) is 51.9 Å². The standard InChI is InChI=1S/C18H24ClN3O3.C5H4ClIN2O.2CH4/c1-18(2,3)25-17(23)21-14-7-5-6-12(10-14)8-9-13-11-20-16(19)22-15(13)24-4;1-10-4-3(7)2-8-5(6)9-4;;/h11-12,14H,5-7,10H2,1-4H3,(H,21,23);2H,1H3;2*1H4/t12-,14-;;;/m0.../s1. The SMILES string of the molecule is C.C.COc1nc(Cl)ncc1C#C[C@@H]1CCC[C@H](NC(=O)OC(C)(C)C)C1.COc1nc(Cl)ncc1I. The largest absolute Gasteiger partial charge is 0.480 e. The topological polar surface area (TPSA) is 108 Å². The van der Waals surface area contributed by atoms with Crippen molar-refractivity contribution in [2.45, 2.75) is 73.0 Å². The molecule has 0 aliphatic heterocycles. The predicted molar refractivity (Wildman–Crippen MR) is 155 cm³/mol. The van der Waals surface area contributed by atoms with Gasteiger partial charge in [0.1, 0.15) is 11.2 Å². The Bertz CT molecular complexity index is 1070. The van der Waals surface area contributed by atoms with Gasteiger partial charge in [0.25, 0.3) is 0 Å². The first kappa shape index (κ1) is 34.9. The van der Waals surface area contributed by atoms with E-state index in [9.17, 15) is 4.79 Å². The van der Waals surface area contributed by atoms with Gasteiger partial charge in [-0.25, -0.2) is 14.8 Å². The summed E-state index contributed by atoms with van der Waals surface area (Å²) in [6, 6.07) is 0.0752. The van der Waals surface area contributed by atoms with Gasteiger partial charge in [0.15, 0.2) is 0 Å². The maximum Gasteiger partial charge on any atom is 0.407 e. The van der Waals surface area contributed by atoms with Crippen molar-refractivity contribution >= 4 is 51.9 Å². The third kappa shape index (κ3) is 12.8. The molecule has 0 radical (unpaired) electrons. The Morgan fingerprint density at radius 1 is 1.05 bits per heavy atom. The number of alkyl carbamates (subject to hydrolysis) is 1. The molecule has 2 aromatic heterocycles. The van der Waals surface area contributed by atoms with Crippen molar-refractivity contribution in [2.75, 3.05) is 14.2 Å². The first-order valence-corrected chi connectivity index (χ1v) is 12.6. The quantitative estimate of drug-likeness (QED) is 0.222. The highest BCUT2D eigenvalue weighted by Crippen LogP contribution is 2.25. The molecule has 0 saturated heterocycles. The van der Waals surface area contributed by atoms with Gasteiger partial charge in [-0.2, -0.15) is 9.97 Å². The van der Waals surface area contributed by atoms with Crippen molar-refractivity contribution in [1.82, 2.24) is 25.3 Å². The highest BCUT2D eigenvalue weighted by Gasteiger charge is 2.24. The molecule has 1 saturated carbocycles. The maximum atomic E-state index is 11.9. The number of hydrogen-bond acceptors (Lipinski definition) is 8. The summed E-state index contributed by atoms with van der Waals surface area (Å²) >= 11 is 13.3. The van der Waals surface area contributed by atoms with Crippen molar-refractivity contribution in [1.29, 1.82) is 0 Å². The molecule has 12 heteroatoms. The Morgan fingerprint density at radius 3 is 2.22 bits per heavy atom. The molecule has 1 amide bonds. The van der Waals surface area contributed by atoms with Gasteiger partial charge in [-0.1, -0.05) is 33.1 Å². The first-order chi connectivity index (χ1) is 16.5. The van der Waals surface area contributed by atoms with Crippen LogP contribution in [0.25, 0.3) is 0 Å². The van der Waals surface area contributed by atoms with Crippen LogP contribution in [0, 0.1) is 21.3 Å². The third-order valence-electron chi connectivity index (χ3n) is 4.60. The molecular weight excluding hydrogens is 632 g/mol. The van der Waals surface area contributed by atoms with Crippen molar-refractivity contribution in [3.63, 3.8) is 0 Å². The molecule has 0 unspecified atom stereocenters. The smallest absolute Gasteiger partial charge is 0.407 e. The zero-order valence-electron chi connectivity index (χ0n) is 20.2. The fraction of sp³-hybridized carbons (Fsp3) is 0.560. The molecule has 1 fully saturated rings. The molecule has 9 nitrogen and oxygen atoms in total. The van der Waals surface area contributed by atoms with Crippen LogP contribution in [0.2, 0.25) is 10.6 Å². The molecule has 37 heavy (non-hydrogen) atoms. The number of carbonyl (C=O) groups is 1. The van der Waals surface area contributed by atoms with E-state index >= 15 is 0 Å². The molecule has 206 valence electrons. The predicted octanol–water partition coefficient (Wildman–Crippen LogP) is 6.59. The second-order valence-electron chi connectivity index (χ2n) is 8.53. The summed E-state index contributed by atoms with van der Waals surface area (Å²) < 4.78 is 16.2. The van der Waals surface area contributed by atoms with Crippen LogP contribution in [-0.2, 0) is 4.74 Å². The molecule has 2 atom stereocenters. The van der Waals surface area contributed by atoms with Crippen LogP contribution in [0.1, 0.15) is 66.9 Å². The average molecular weight is 668 g/mol. The third-order valence-corrected chi connectivity index (χ3v) is 5.70. The van der Waals surface area contributed by atoms with Gasteiger partial charge in [0, 0.05) is 18.2 Å². The second kappa shape index (κ2) is 16.7. The van der Waals surface area contributed by atoms with Gasteiger partial charge in [-0.3, -0.25) is 0 Å². The maximum absolute atomic E-state index is 11.9. The van der Waals surface area contributed by atoms with Gasteiger partial charge < -0.3 is 19.5 Å². The van der Waals surface area contributed by atoms with Gasteiger partial charge in [0.05, 0.1) is 24.0 Å². The summed E-state index contributed by atoms with van der Waals surface area (Å²) in [5, 5.41) is 3.27. The minimum absolute atomic E-state index is 0. The van der Waals surface area contributed by atoms with E-state index in [4.69, 9.17) is 37.4 Å². The minimum atomic E-state index is -0.497. The van der Waals surface area contributed by atoms with Crippen molar-refractivity contribution in [2.24, 2.45) is 5.92 Å². The second-order valence-corrected chi connectivity index (χ2v) is 10.4. The molecule has 0 spiro atoms. The number of carbonyl (C=O) groups excluding carboxylic acids is 1. The lowest BCUT2D eigenvalue weighted by Gasteiger charge is -2.28. The number of hydrogen-bond donors (Lipinski definition) is 1. The van der Waals surface area contributed by atoms with Crippen LogP contribution in [0.3, 0.4) is 0 Å². The molecule has 2 heterocycles. The highest BCUT2D eigenvalue weighted by atomic mass is 127. The molecule has 0 bridgehead atoms. The molecule has 2 aromatic rings. The van der Waals surface area contributed by atoms with E-state index in [1.54, 1.807) is 19.5 Å². The van der Waals surface area contributed by atoms with Crippen LogP contribution < -0.4 is 14.8 Å². The van der Waals surface area contributed by atoms with Crippen molar-refractivity contribution in [3.8, 4) is 23.6 Å². The van der Waals surface area contributed by atoms with E-state index in [1.165, 1.54) is 7.11 Å². The highest BCUT2D eigenvalue weighted by molar-refractivity contribution is 14.1. The molecule has 1 aliphatic rings. The minimum Gasteiger partial charge on any atom is -0.480 e. The Morgan fingerprint density at radius 2 is 1.65 bits per heavy atom. The number of methoxy groups -OCH3 is 2. The number of nitrogens with zero attached hydrogens (tertiary/aromatic N) is 4. The normalized spacial score (nSPS) is 16.2. The Balaban J connectivity index is 0.000000913. The van der Waals surface area contributed by atoms with Gasteiger partial charge >= 0.3 is 6.09 Å². The fourth-order valence-corrected chi connectivity index (χ4v) is 3.90. The van der Waals surface area contributed by atoms with Crippen LogP contribution in [0.15, 0.2) is 12.4 Å². The summed E-state index contributed by atoms with van der Waals surface area (Å²) in [7, 11) is 3.06. The monoisotopic (exact) mass is 667 g/mol. The molecular formula is C25H36Cl2IN5O4. The van der Waals surface area contributed by atoms with E-state index in [-0.39, 0.29) is 43.5 Å². The van der Waals surface area contributed by atoms with Crippen LogP contribution in [0.4, 0.5) is 4.79 Å². The Kier molecular flexibility index (Phi) is 15.7. The number of ether oxygens (including phenoxy) is 3. The zero-order valence-corrected chi connectivity index (χ0v) is 23.9. The lowest BCUT2D eigenvalue weighted by atomic mass is 9.86. The van der Waals surface area contributed by atoms with Gasteiger partial charge in [-0.05, 0) is 85.8 Å². The van der Waals surface area contributed by atoms with Crippen molar-refractivity contribution in [3.05, 3.63) is 32.1 Å².